The molecule has 2 nitrogen and oxygen atoms in total. The molecule has 0 aromatic carbocycles. The maximum atomic E-state index is 5.94. The monoisotopic (exact) mass is 142 g/mol. The van der Waals surface area contributed by atoms with Crippen LogP contribution in [0, 0.1) is 0 Å². The van der Waals surface area contributed by atoms with Gasteiger partial charge in [0.2, 0.25) is 0 Å². The van der Waals surface area contributed by atoms with Crippen molar-refractivity contribution in [3.63, 3.8) is 0 Å². The quantitative estimate of drug-likeness (QED) is 0.587. The van der Waals surface area contributed by atoms with Gasteiger partial charge in [0.05, 0.1) is 0 Å². The second kappa shape index (κ2) is 2.51. The molecule has 0 aromatic rings. The Hall–Kier alpha value is -0.0800. The Morgan fingerprint density at radius 3 is 2.40 bits per heavy atom. The Morgan fingerprint density at radius 1 is 1.60 bits per heavy atom. The first-order valence-corrected chi connectivity index (χ1v) is 4.09. The van der Waals surface area contributed by atoms with Crippen molar-refractivity contribution in [2.75, 3.05) is 13.1 Å². The molecule has 1 unspecified atom stereocenters. The predicted octanol–water partition coefficient (Wildman–Crippen LogP) is 0.818. The van der Waals surface area contributed by atoms with Crippen LogP contribution in [0.3, 0.4) is 0 Å². The van der Waals surface area contributed by atoms with Gasteiger partial charge in [-0.05, 0) is 26.8 Å². The largest absolute Gasteiger partial charge is 0.326 e. The summed E-state index contributed by atoms with van der Waals surface area (Å²) in [6, 6.07) is 0.368. The molecule has 0 saturated carbocycles. The molecule has 0 radical (unpaired) electrons. The average molecular weight is 142 g/mol. The third kappa shape index (κ3) is 1.06. The topological polar surface area (TPSA) is 29.3 Å². The standard InChI is InChI=1S/C8H18N2/c1-4-10-6-5-7(9)8(10,2)3/h7H,4-6,9H2,1-3H3. The molecule has 0 amide bonds. The van der Waals surface area contributed by atoms with Gasteiger partial charge in [-0.1, -0.05) is 6.92 Å². The number of nitrogens with two attached hydrogens (primary N) is 1. The van der Waals surface area contributed by atoms with Crippen molar-refractivity contribution in [3.8, 4) is 0 Å². The van der Waals surface area contributed by atoms with Crippen LogP contribution >= 0.6 is 0 Å². The lowest BCUT2D eigenvalue weighted by molar-refractivity contribution is 0.171. The van der Waals surface area contributed by atoms with E-state index < -0.39 is 0 Å². The number of likely N-dealkylation sites (N-methyl/N-ethyl adjacent to an activating group) is 1. The fourth-order valence-electron chi connectivity index (χ4n) is 1.74. The van der Waals surface area contributed by atoms with Gasteiger partial charge in [-0.25, -0.2) is 0 Å². The SMILES string of the molecule is CCN1CCC(N)C1(C)C. The Morgan fingerprint density at radius 2 is 2.20 bits per heavy atom. The van der Waals surface area contributed by atoms with Gasteiger partial charge in [-0.3, -0.25) is 4.90 Å². The fraction of sp³-hybridized carbons (Fsp3) is 1.00. The molecular formula is C8H18N2. The summed E-state index contributed by atoms with van der Waals surface area (Å²) in [4.78, 5) is 2.44. The summed E-state index contributed by atoms with van der Waals surface area (Å²) in [6.45, 7) is 8.95. The zero-order valence-corrected chi connectivity index (χ0v) is 7.22. The van der Waals surface area contributed by atoms with E-state index in [9.17, 15) is 0 Å². The maximum Gasteiger partial charge on any atom is 0.0304 e. The Bertz CT molecular complexity index is 120. The van der Waals surface area contributed by atoms with Crippen LogP contribution in [0.4, 0.5) is 0 Å². The van der Waals surface area contributed by atoms with Gasteiger partial charge in [0.1, 0.15) is 0 Å². The molecule has 1 saturated heterocycles. The first kappa shape index (κ1) is 8.02. The highest BCUT2D eigenvalue weighted by Crippen LogP contribution is 2.26. The number of likely N-dealkylation sites (tertiary alicyclic amines) is 1. The van der Waals surface area contributed by atoms with Crippen LogP contribution < -0.4 is 5.73 Å². The molecular weight excluding hydrogens is 124 g/mol. The minimum Gasteiger partial charge on any atom is -0.326 e. The van der Waals surface area contributed by atoms with E-state index in [0.29, 0.717) is 6.04 Å². The van der Waals surface area contributed by atoms with E-state index >= 15 is 0 Å². The molecule has 1 aliphatic rings. The van der Waals surface area contributed by atoms with Crippen molar-refractivity contribution >= 4 is 0 Å². The molecule has 2 N–H and O–H groups in total. The highest BCUT2D eigenvalue weighted by molar-refractivity contribution is 4.97. The number of hydrogen-bond donors (Lipinski definition) is 1. The van der Waals surface area contributed by atoms with Crippen LogP contribution in [0.2, 0.25) is 0 Å². The summed E-state index contributed by atoms with van der Waals surface area (Å²) in [6.07, 6.45) is 1.15. The van der Waals surface area contributed by atoms with Crippen LogP contribution in [0.15, 0.2) is 0 Å². The Labute approximate surface area is 63.4 Å². The summed E-state index contributed by atoms with van der Waals surface area (Å²) in [7, 11) is 0. The molecule has 0 spiro atoms. The van der Waals surface area contributed by atoms with E-state index in [1.165, 1.54) is 6.54 Å². The lowest BCUT2D eigenvalue weighted by Gasteiger charge is -2.33. The van der Waals surface area contributed by atoms with Crippen molar-refractivity contribution in [1.82, 2.24) is 4.90 Å². The summed E-state index contributed by atoms with van der Waals surface area (Å²) in [5, 5.41) is 0. The average Bonchev–Trinajstić information content (AvgIpc) is 2.10. The van der Waals surface area contributed by atoms with E-state index in [1.807, 2.05) is 0 Å². The van der Waals surface area contributed by atoms with Gasteiger partial charge < -0.3 is 5.73 Å². The molecule has 1 atom stereocenters. The van der Waals surface area contributed by atoms with E-state index in [1.54, 1.807) is 0 Å². The van der Waals surface area contributed by atoms with E-state index in [4.69, 9.17) is 5.73 Å². The second-order valence-electron chi connectivity index (χ2n) is 3.63. The second-order valence-corrected chi connectivity index (χ2v) is 3.63. The van der Waals surface area contributed by atoms with Gasteiger partial charge >= 0.3 is 0 Å². The van der Waals surface area contributed by atoms with E-state index in [0.717, 1.165) is 13.0 Å². The van der Waals surface area contributed by atoms with Gasteiger partial charge in [0.15, 0.2) is 0 Å². The van der Waals surface area contributed by atoms with Crippen LogP contribution in [0.5, 0.6) is 0 Å². The van der Waals surface area contributed by atoms with Crippen LogP contribution in [-0.2, 0) is 0 Å². The van der Waals surface area contributed by atoms with Gasteiger partial charge in [0, 0.05) is 18.1 Å². The zero-order valence-electron chi connectivity index (χ0n) is 7.22. The predicted molar refractivity (Wildman–Crippen MR) is 43.9 cm³/mol. The molecule has 0 aliphatic carbocycles. The Kier molecular flexibility index (Phi) is 2.02. The van der Waals surface area contributed by atoms with Crippen molar-refractivity contribution in [1.29, 1.82) is 0 Å². The lowest BCUT2D eigenvalue weighted by atomic mass is 9.97. The first-order chi connectivity index (χ1) is 4.59. The lowest BCUT2D eigenvalue weighted by Crippen LogP contribution is -2.48. The summed E-state index contributed by atoms with van der Waals surface area (Å²) in [5.41, 5.74) is 6.17. The zero-order chi connectivity index (χ0) is 7.78. The van der Waals surface area contributed by atoms with Gasteiger partial charge in [-0.15, -0.1) is 0 Å². The molecule has 0 aromatic heterocycles. The molecule has 1 rings (SSSR count). The van der Waals surface area contributed by atoms with Gasteiger partial charge in [0.25, 0.3) is 0 Å². The highest BCUT2D eigenvalue weighted by atomic mass is 15.2. The van der Waals surface area contributed by atoms with Crippen LogP contribution in [-0.4, -0.2) is 29.6 Å². The van der Waals surface area contributed by atoms with Crippen molar-refractivity contribution in [2.24, 2.45) is 5.73 Å². The number of nitrogens with zero attached hydrogens (tertiary/aromatic N) is 1. The van der Waals surface area contributed by atoms with E-state index in [2.05, 4.69) is 25.7 Å². The minimum atomic E-state index is 0.231. The fourth-order valence-corrected chi connectivity index (χ4v) is 1.74. The normalized spacial score (nSPS) is 33.0. The Balaban J connectivity index is 2.64. The smallest absolute Gasteiger partial charge is 0.0304 e. The highest BCUT2D eigenvalue weighted by Gasteiger charge is 2.37. The van der Waals surface area contributed by atoms with E-state index in [-0.39, 0.29) is 5.54 Å². The number of hydrogen-bond acceptors (Lipinski definition) is 2. The van der Waals surface area contributed by atoms with Crippen molar-refractivity contribution < 1.29 is 0 Å². The summed E-state index contributed by atoms with van der Waals surface area (Å²) in [5.74, 6) is 0. The molecule has 1 heterocycles. The maximum absolute atomic E-state index is 5.94. The third-order valence-electron chi connectivity index (χ3n) is 2.81. The molecule has 1 fully saturated rings. The van der Waals surface area contributed by atoms with Crippen LogP contribution in [0.25, 0.3) is 0 Å². The molecule has 2 heteroatoms. The van der Waals surface area contributed by atoms with Crippen molar-refractivity contribution in [2.45, 2.75) is 38.8 Å². The number of rotatable bonds is 1. The van der Waals surface area contributed by atoms with Crippen LogP contribution in [0.1, 0.15) is 27.2 Å². The first-order valence-electron chi connectivity index (χ1n) is 4.09. The van der Waals surface area contributed by atoms with Crippen molar-refractivity contribution in [3.05, 3.63) is 0 Å². The van der Waals surface area contributed by atoms with Gasteiger partial charge in [-0.2, -0.15) is 0 Å². The summed E-state index contributed by atoms with van der Waals surface area (Å²) < 4.78 is 0. The summed E-state index contributed by atoms with van der Waals surface area (Å²) >= 11 is 0. The molecule has 60 valence electrons. The molecule has 0 bridgehead atoms. The molecule has 1 aliphatic heterocycles. The minimum absolute atomic E-state index is 0.231. The molecule has 10 heavy (non-hydrogen) atoms. The third-order valence-corrected chi connectivity index (χ3v) is 2.81.